The van der Waals surface area contributed by atoms with E-state index in [0.29, 0.717) is 21.3 Å². The van der Waals surface area contributed by atoms with Gasteiger partial charge in [-0.2, -0.15) is 0 Å². The highest BCUT2D eigenvalue weighted by Gasteiger charge is 2.38. The minimum absolute atomic E-state index is 0.00746. The summed E-state index contributed by atoms with van der Waals surface area (Å²) >= 11 is 1.23. The number of para-hydroxylation sites is 1. The summed E-state index contributed by atoms with van der Waals surface area (Å²) in [4.78, 5) is 42.3. The Morgan fingerprint density at radius 1 is 1.15 bits per heavy atom. The van der Waals surface area contributed by atoms with E-state index in [1.807, 2.05) is 0 Å². The van der Waals surface area contributed by atoms with E-state index in [2.05, 4.69) is 4.99 Å². The molecule has 0 radical (unpaired) electrons. The van der Waals surface area contributed by atoms with Crippen LogP contribution in [0.3, 0.4) is 0 Å². The van der Waals surface area contributed by atoms with Gasteiger partial charge in [0, 0.05) is 12.1 Å². The minimum atomic E-state index is -1.04. The summed E-state index contributed by atoms with van der Waals surface area (Å²) in [5.41, 5.74) is 1.03. The number of carboxylic acid groups (broad SMARTS) is 1. The Labute approximate surface area is 200 Å². The van der Waals surface area contributed by atoms with Crippen LogP contribution < -0.4 is 0 Å². The normalized spacial score (nSPS) is 19.4. The number of nitro benzene ring substituents is 1. The zero-order valence-corrected chi connectivity index (χ0v) is 19.1. The average molecular weight is 478 g/mol. The third kappa shape index (κ3) is 5.26. The van der Waals surface area contributed by atoms with Gasteiger partial charge < -0.3 is 5.11 Å². The molecule has 1 aliphatic heterocycles. The molecule has 2 fully saturated rings. The highest BCUT2D eigenvalue weighted by atomic mass is 32.2. The molecule has 1 aliphatic carbocycles. The molecule has 0 spiro atoms. The second-order valence-electron chi connectivity index (χ2n) is 8.02. The van der Waals surface area contributed by atoms with Gasteiger partial charge in [0.2, 0.25) is 0 Å². The Hall–Kier alpha value is -3.72. The van der Waals surface area contributed by atoms with Crippen molar-refractivity contribution >= 4 is 46.3 Å². The number of nitrogens with zero attached hydrogens (tertiary/aromatic N) is 3. The monoisotopic (exact) mass is 477 g/mol. The van der Waals surface area contributed by atoms with Crippen molar-refractivity contribution in [1.82, 2.24) is 4.90 Å². The van der Waals surface area contributed by atoms with Crippen LogP contribution in [0.4, 0.5) is 11.4 Å². The fourth-order valence-corrected chi connectivity index (χ4v) is 5.10. The SMILES string of the molecule is O=C(O)c1cccc(N=C2S/C(=C\C=C\c3ccccc3[N+](=O)[O-])C(=O)N2C2CCCCC2)c1. The first kappa shape index (κ1) is 23.4. The standard InChI is InChI=1S/C25H23N3O5S/c29-23-22(15-7-9-17-8-4-5-14-21(17)28(32)33)34-25(27(23)20-12-2-1-3-13-20)26-19-11-6-10-18(16-19)24(30)31/h4-11,14-16,20H,1-3,12-13H2,(H,30,31)/b9-7+,22-15-,26-25?. The van der Waals surface area contributed by atoms with E-state index in [-0.39, 0.29) is 23.2 Å². The number of thioether (sulfide) groups is 1. The zero-order chi connectivity index (χ0) is 24.1. The van der Waals surface area contributed by atoms with Gasteiger partial charge in [-0.1, -0.05) is 43.5 Å². The van der Waals surface area contributed by atoms with Crippen molar-refractivity contribution in [3.8, 4) is 0 Å². The summed E-state index contributed by atoms with van der Waals surface area (Å²) in [6.45, 7) is 0. The molecule has 0 bridgehead atoms. The van der Waals surface area contributed by atoms with Crippen LogP contribution in [0.25, 0.3) is 6.08 Å². The number of benzene rings is 2. The quantitative estimate of drug-likeness (QED) is 0.320. The molecule has 2 aromatic carbocycles. The first-order valence-corrected chi connectivity index (χ1v) is 11.8. The number of hydrogen-bond donors (Lipinski definition) is 1. The van der Waals surface area contributed by atoms with Crippen LogP contribution in [0.15, 0.2) is 70.6 Å². The molecule has 0 aromatic heterocycles. The lowest BCUT2D eigenvalue weighted by atomic mass is 9.94. The number of allylic oxidation sites excluding steroid dienone is 2. The van der Waals surface area contributed by atoms with Crippen molar-refractivity contribution in [2.45, 2.75) is 38.1 Å². The smallest absolute Gasteiger partial charge is 0.335 e. The van der Waals surface area contributed by atoms with Gasteiger partial charge in [0.1, 0.15) is 0 Å². The number of carbonyl (C=O) groups is 2. The predicted molar refractivity (Wildman–Crippen MR) is 132 cm³/mol. The number of nitro groups is 1. The molecule has 174 valence electrons. The Morgan fingerprint density at radius 2 is 1.91 bits per heavy atom. The van der Waals surface area contributed by atoms with E-state index in [1.165, 1.54) is 30.0 Å². The molecule has 2 aromatic rings. The molecular weight excluding hydrogens is 454 g/mol. The first-order chi connectivity index (χ1) is 16.4. The second kappa shape index (κ2) is 10.5. The molecule has 8 nitrogen and oxygen atoms in total. The lowest BCUT2D eigenvalue weighted by molar-refractivity contribution is -0.385. The number of aliphatic imine (C=N–C) groups is 1. The van der Waals surface area contributed by atoms with Crippen molar-refractivity contribution in [2.24, 2.45) is 4.99 Å². The molecule has 4 rings (SSSR count). The van der Waals surface area contributed by atoms with Gasteiger partial charge in [0.15, 0.2) is 5.17 Å². The summed E-state index contributed by atoms with van der Waals surface area (Å²) in [7, 11) is 0. The van der Waals surface area contributed by atoms with Crippen LogP contribution in [0.5, 0.6) is 0 Å². The number of amidine groups is 1. The summed E-state index contributed by atoms with van der Waals surface area (Å²) in [5.74, 6) is -1.20. The second-order valence-corrected chi connectivity index (χ2v) is 9.03. The number of carbonyl (C=O) groups excluding carboxylic acids is 1. The topological polar surface area (TPSA) is 113 Å². The van der Waals surface area contributed by atoms with Crippen molar-refractivity contribution in [3.63, 3.8) is 0 Å². The van der Waals surface area contributed by atoms with Gasteiger partial charge in [-0.3, -0.25) is 19.8 Å². The minimum Gasteiger partial charge on any atom is -0.478 e. The fourth-order valence-electron chi connectivity index (χ4n) is 4.09. The highest BCUT2D eigenvalue weighted by molar-refractivity contribution is 8.18. The largest absolute Gasteiger partial charge is 0.478 e. The van der Waals surface area contributed by atoms with Crippen molar-refractivity contribution < 1.29 is 19.6 Å². The van der Waals surface area contributed by atoms with Crippen molar-refractivity contribution in [2.75, 3.05) is 0 Å². The Bertz CT molecular complexity index is 1210. The maximum Gasteiger partial charge on any atom is 0.335 e. The zero-order valence-electron chi connectivity index (χ0n) is 18.3. The number of aromatic carboxylic acids is 1. The number of hydrogen-bond acceptors (Lipinski definition) is 6. The van der Waals surface area contributed by atoms with E-state index in [4.69, 9.17) is 0 Å². The van der Waals surface area contributed by atoms with Crippen LogP contribution in [0.2, 0.25) is 0 Å². The first-order valence-electron chi connectivity index (χ1n) is 11.0. The third-order valence-corrected chi connectivity index (χ3v) is 6.75. The lowest BCUT2D eigenvalue weighted by Gasteiger charge is -2.30. The lowest BCUT2D eigenvalue weighted by Crippen LogP contribution is -2.40. The molecule has 0 unspecified atom stereocenters. The van der Waals surface area contributed by atoms with Crippen LogP contribution in [-0.4, -0.2) is 38.0 Å². The molecular formula is C25H23N3O5S. The molecule has 0 atom stereocenters. The van der Waals surface area contributed by atoms with Crippen molar-refractivity contribution in [1.29, 1.82) is 0 Å². The molecule has 1 N–H and O–H groups in total. The fraction of sp³-hybridized carbons (Fsp3) is 0.240. The Balaban J connectivity index is 1.65. The third-order valence-electron chi connectivity index (χ3n) is 5.75. The van der Waals surface area contributed by atoms with Gasteiger partial charge in [0.25, 0.3) is 11.6 Å². The maximum atomic E-state index is 13.3. The van der Waals surface area contributed by atoms with E-state index in [0.717, 1.165) is 32.1 Å². The molecule has 9 heteroatoms. The van der Waals surface area contributed by atoms with Gasteiger partial charge in [-0.15, -0.1) is 0 Å². The van der Waals surface area contributed by atoms with E-state index in [9.17, 15) is 24.8 Å². The Kier molecular flexibility index (Phi) is 7.22. The molecule has 1 heterocycles. The summed E-state index contributed by atoms with van der Waals surface area (Å²) in [6.07, 6.45) is 9.88. The van der Waals surface area contributed by atoms with Crippen LogP contribution in [0.1, 0.15) is 48.0 Å². The van der Waals surface area contributed by atoms with E-state index >= 15 is 0 Å². The molecule has 1 saturated carbocycles. The van der Waals surface area contributed by atoms with Gasteiger partial charge in [-0.25, -0.2) is 9.79 Å². The van der Waals surface area contributed by atoms with Crippen molar-refractivity contribution in [3.05, 3.63) is 86.8 Å². The molecule has 2 aliphatic rings. The van der Waals surface area contributed by atoms with E-state index in [1.54, 1.807) is 53.5 Å². The summed E-state index contributed by atoms with van der Waals surface area (Å²) < 4.78 is 0. The Morgan fingerprint density at radius 3 is 2.65 bits per heavy atom. The van der Waals surface area contributed by atoms with Gasteiger partial charge in [0.05, 0.1) is 26.6 Å². The number of carboxylic acids is 1. The highest BCUT2D eigenvalue weighted by Crippen LogP contribution is 2.37. The summed E-state index contributed by atoms with van der Waals surface area (Å²) in [6, 6.07) is 12.8. The number of rotatable bonds is 6. The van der Waals surface area contributed by atoms with Gasteiger partial charge >= 0.3 is 5.97 Å². The maximum absolute atomic E-state index is 13.3. The summed E-state index contributed by atoms with van der Waals surface area (Å²) in [5, 5.41) is 21.0. The number of amides is 1. The van der Waals surface area contributed by atoms with Gasteiger partial charge in [-0.05, 0) is 61.0 Å². The molecule has 1 saturated heterocycles. The molecule has 34 heavy (non-hydrogen) atoms. The van der Waals surface area contributed by atoms with Crippen LogP contribution >= 0.6 is 11.8 Å². The van der Waals surface area contributed by atoms with E-state index < -0.39 is 10.9 Å². The predicted octanol–water partition coefficient (Wildman–Crippen LogP) is 5.79. The average Bonchev–Trinajstić information content (AvgIpc) is 3.14. The molecule has 1 amide bonds. The van der Waals surface area contributed by atoms with Crippen LogP contribution in [-0.2, 0) is 4.79 Å². The van der Waals surface area contributed by atoms with Crippen LogP contribution in [0, 0.1) is 10.1 Å².